The number of carbonyl (C=O) groups is 2. The minimum atomic E-state index is -0.611. The van der Waals surface area contributed by atoms with Gasteiger partial charge in [-0.15, -0.1) is 0 Å². The molecule has 2 amide bonds. The van der Waals surface area contributed by atoms with Gasteiger partial charge in [-0.1, -0.05) is 57.3 Å². The fourth-order valence-corrected chi connectivity index (χ4v) is 3.84. The van der Waals surface area contributed by atoms with Gasteiger partial charge in [-0.2, -0.15) is 0 Å². The summed E-state index contributed by atoms with van der Waals surface area (Å²) in [7, 11) is 0. The average Bonchev–Trinajstić information content (AvgIpc) is 2.73. The Morgan fingerprint density at radius 1 is 1.13 bits per heavy atom. The van der Waals surface area contributed by atoms with E-state index in [-0.39, 0.29) is 18.4 Å². The molecule has 0 saturated heterocycles. The molecule has 2 aromatic carbocycles. The molecule has 168 valence electrons. The van der Waals surface area contributed by atoms with Crippen molar-refractivity contribution in [1.82, 2.24) is 10.2 Å². The quantitative estimate of drug-likeness (QED) is 0.393. The highest BCUT2D eigenvalue weighted by Crippen LogP contribution is 2.26. The summed E-state index contributed by atoms with van der Waals surface area (Å²) in [4.78, 5) is 27.4. The van der Waals surface area contributed by atoms with Crippen molar-refractivity contribution in [2.24, 2.45) is 0 Å². The zero-order chi connectivity index (χ0) is 23.0. The largest absolute Gasteiger partial charge is 0.484 e. The average molecular weight is 554 g/mol. The van der Waals surface area contributed by atoms with Gasteiger partial charge in [0.1, 0.15) is 11.8 Å². The molecule has 7 heteroatoms. The molecule has 0 unspecified atom stereocenters. The molecule has 0 aliphatic heterocycles. The molecular formula is C24H30Br2N2O3. The van der Waals surface area contributed by atoms with E-state index in [0.717, 1.165) is 38.5 Å². The van der Waals surface area contributed by atoms with Crippen molar-refractivity contribution >= 4 is 43.7 Å². The van der Waals surface area contributed by atoms with Crippen LogP contribution in [0.4, 0.5) is 0 Å². The fourth-order valence-electron chi connectivity index (χ4n) is 3.17. The van der Waals surface area contributed by atoms with Crippen molar-refractivity contribution in [1.29, 1.82) is 0 Å². The van der Waals surface area contributed by atoms with Gasteiger partial charge in [0.15, 0.2) is 6.61 Å². The van der Waals surface area contributed by atoms with Crippen molar-refractivity contribution in [3.8, 4) is 5.75 Å². The number of hydrogen-bond donors (Lipinski definition) is 1. The molecule has 0 radical (unpaired) electrons. The number of amides is 2. The summed E-state index contributed by atoms with van der Waals surface area (Å²) in [6.45, 7) is 8.57. The first-order valence-electron chi connectivity index (χ1n) is 10.4. The lowest BCUT2D eigenvalue weighted by Crippen LogP contribution is -2.49. The molecule has 5 nitrogen and oxygen atoms in total. The van der Waals surface area contributed by atoms with Gasteiger partial charge < -0.3 is 15.0 Å². The monoisotopic (exact) mass is 552 g/mol. The molecule has 2 aromatic rings. The molecule has 0 bridgehead atoms. The molecule has 0 aliphatic carbocycles. The van der Waals surface area contributed by atoms with Crippen molar-refractivity contribution in [3.05, 3.63) is 62.0 Å². The molecule has 0 fully saturated rings. The number of nitrogens with zero attached hydrogens (tertiary/aromatic N) is 1. The molecule has 0 aromatic heterocycles. The standard InChI is InChI=1S/C24H30Br2N2O3/c1-5-6-10-27-24(30)18(4)28(14-19-8-7-9-20(25)13-19)22(29)15-31-21-11-16(2)23(26)17(3)12-21/h7-9,11-13,18H,5-6,10,14-15H2,1-4H3,(H,27,30)/t18-/m1/s1. The van der Waals surface area contributed by atoms with Gasteiger partial charge >= 0.3 is 0 Å². The van der Waals surface area contributed by atoms with Crippen LogP contribution in [0.25, 0.3) is 0 Å². The summed E-state index contributed by atoms with van der Waals surface area (Å²) in [5.74, 6) is 0.234. The topological polar surface area (TPSA) is 58.6 Å². The number of nitrogens with one attached hydrogen (secondary N) is 1. The van der Waals surface area contributed by atoms with Crippen LogP contribution in [0, 0.1) is 13.8 Å². The van der Waals surface area contributed by atoms with Crippen LogP contribution in [-0.4, -0.2) is 35.9 Å². The predicted octanol–water partition coefficient (Wildman–Crippen LogP) is 5.54. The Morgan fingerprint density at radius 2 is 1.81 bits per heavy atom. The fraction of sp³-hybridized carbons (Fsp3) is 0.417. The smallest absolute Gasteiger partial charge is 0.261 e. The van der Waals surface area contributed by atoms with Gasteiger partial charge in [-0.25, -0.2) is 0 Å². The molecule has 1 atom stereocenters. The number of halogens is 2. The Labute approximate surface area is 201 Å². The first-order valence-corrected chi connectivity index (χ1v) is 12.0. The van der Waals surface area contributed by atoms with E-state index in [1.54, 1.807) is 11.8 Å². The number of benzene rings is 2. The molecule has 0 saturated carbocycles. The van der Waals surface area contributed by atoms with Gasteiger partial charge in [-0.3, -0.25) is 9.59 Å². The lowest BCUT2D eigenvalue weighted by Gasteiger charge is -2.29. The van der Waals surface area contributed by atoms with E-state index in [9.17, 15) is 9.59 Å². The van der Waals surface area contributed by atoms with Crippen LogP contribution in [-0.2, 0) is 16.1 Å². The highest BCUT2D eigenvalue weighted by atomic mass is 79.9. The highest BCUT2D eigenvalue weighted by molar-refractivity contribution is 9.10. The summed E-state index contributed by atoms with van der Waals surface area (Å²) < 4.78 is 7.76. The van der Waals surface area contributed by atoms with E-state index in [1.807, 2.05) is 50.2 Å². The first-order chi connectivity index (χ1) is 14.7. The summed E-state index contributed by atoms with van der Waals surface area (Å²) in [6.07, 6.45) is 1.90. The number of hydrogen-bond acceptors (Lipinski definition) is 3. The van der Waals surface area contributed by atoms with Gasteiger partial charge in [0.25, 0.3) is 5.91 Å². The second kappa shape index (κ2) is 12.2. The van der Waals surface area contributed by atoms with Crippen LogP contribution in [0.1, 0.15) is 43.4 Å². The second-order valence-electron chi connectivity index (χ2n) is 7.63. The van der Waals surface area contributed by atoms with Crippen molar-refractivity contribution in [3.63, 3.8) is 0 Å². The van der Waals surface area contributed by atoms with Gasteiger partial charge in [0, 0.05) is 22.0 Å². The first kappa shape index (κ1) is 25.4. The zero-order valence-corrected chi connectivity index (χ0v) is 21.7. The summed E-state index contributed by atoms with van der Waals surface area (Å²) in [5.41, 5.74) is 3.01. The second-order valence-corrected chi connectivity index (χ2v) is 9.34. The van der Waals surface area contributed by atoms with Gasteiger partial charge in [0.2, 0.25) is 5.91 Å². The van der Waals surface area contributed by atoms with Crippen LogP contribution >= 0.6 is 31.9 Å². The van der Waals surface area contributed by atoms with Crippen LogP contribution in [0.3, 0.4) is 0 Å². The maximum absolute atomic E-state index is 13.1. The molecule has 2 rings (SSSR count). The van der Waals surface area contributed by atoms with Crippen LogP contribution in [0.2, 0.25) is 0 Å². The molecule has 0 aliphatic rings. The van der Waals surface area contributed by atoms with E-state index >= 15 is 0 Å². The lowest BCUT2D eigenvalue weighted by molar-refractivity contribution is -0.142. The maximum atomic E-state index is 13.1. The van der Waals surface area contributed by atoms with Gasteiger partial charge in [0.05, 0.1) is 0 Å². The van der Waals surface area contributed by atoms with E-state index in [2.05, 4.69) is 44.1 Å². The summed E-state index contributed by atoms with van der Waals surface area (Å²) in [6, 6.07) is 10.9. The van der Waals surface area contributed by atoms with E-state index in [4.69, 9.17) is 4.74 Å². The Morgan fingerprint density at radius 3 is 2.42 bits per heavy atom. The number of rotatable bonds is 10. The van der Waals surface area contributed by atoms with E-state index in [0.29, 0.717) is 18.8 Å². The van der Waals surface area contributed by atoms with Crippen molar-refractivity contribution < 1.29 is 14.3 Å². The molecule has 1 N–H and O–H groups in total. The minimum absolute atomic E-state index is 0.138. The van der Waals surface area contributed by atoms with Crippen molar-refractivity contribution in [2.75, 3.05) is 13.2 Å². The molecule has 31 heavy (non-hydrogen) atoms. The summed E-state index contributed by atoms with van der Waals surface area (Å²) in [5, 5.41) is 2.92. The highest BCUT2D eigenvalue weighted by Gasteiger charge is 2.26. The predicted molar refractivity (Wildman–Crippen MR) is 131 cm³/mol. The third-order valence-electron chi connectivity index (χ3n) is 5.01. The Balaban J connectivity index is 2.15. The molecule has 0 heterocycles. The van der Waals surface area contributed by atoms with Gasteiger partial charge in [-0.05, 0) is 68.1 Å². The number of carbonyl (C=O) groups excluding carboxylic acids is 2. The van der Waals surface area contributed by atoms with E-state index in [1.165, 1.54) is 0 Å². The third kappa shape index (κ3) is 7.65. The number of aryl methyl sites for hydroxylation is 2. The number of ether oxygens (including phenoxy) is 1. The SMILES string of the molecule is CCCCNC(=O)[C@@H](C)N(Cc1cccc(Br)c1)C(=O)COc1cc(C)c(Br)c(C)c1. The Bertz CT molecular complexity index is 894. The normalized spacial score (nSPS) is 11.7. The maximum Gasteiger partial charge on any atom is 0.261 e. The number of unbranched alkanes of at least 4 members (excludes halogenated alkanes) is 1. The zero-order valence-electron chi connectivity index (χ0n) is 18.5. The van der Waals surface area contributed by atoms with Crippen LogP contribution in [0.5, 0.6) is 5.75 Å². The molecular weight excluding hydrogens is 524 g/mol. The Hall–Kier alpha value is -1.86. The third-order valence-corrected chi connectivity index (χ3v) is 6.76. The van der Waals surface area contributed by atoms with Crippen LogP contribution in [0.15, 0.2) is 45.3 Å². The van der Waals surface area contributed by atoms with Crippen LogP contribution < -0.4 is 10.1 Å². The van der Waals surface area contributed by atoms with Crippen molar-refractivity contribution in [2.45, 2.75) is 53.1 Å². The lowest BCUT2D eigenvalue weighted by atomic mass is 10.1. The summed E-state index contributed by atoms with van der Waals surface area (Å²) >= 11 is 7.01. The molecule has 0 spiro atoms. The van der Waals surface area contributed by atoms with E-state index < -0.39 is 6.04 Å². The minimum Gasteiger partial charge on any atom is -0.484 e. The Kier molecular flexibility index (Phi) is 10.0.